The Morgan fingerprint density at radius 2 is 1.64 bits per heavy atom. The first-order chi connectivity index (χ1) is 13.4. The molecule has 28 heavy (non-hydrogen) atoms. The summed E-state index contributed by atoms with van der Waals surface area (Å²) in [7, 11) is 0. The fourth-order valence-corrected chi connectivity index (χ4v) is 2.35. The second-order valence-electron chi connectivity index (χ2n) is 6.01. The largest absolute Gasteiger partial charge is 0.494 e. The molecule has 0 spiro atoms. The molecule has 1 N–H and O–H groups in total. The van der Waals surface area contributed by atoms with Gasteiger partial charge in [-0.15, -0.1) is 0 Å². The van der Waals surface area contributed by atoms with Crippen molar-refractivity contribution in [3.05, 3.63) is 59.9 Å². The number of anilines is 1. The van der Waals surface area contributed by atoms with Crippen LogP contribution in [-0.2, 0) is 14.3 Å². The van der Waals surface area contributed by atoms with Gasteiger partial charge in [0.2, 0.25) is 0 Å². The van der Waals surface area contributed by atoms with Crippen molar-refractivity contribution >= 4 is 23.3 Å². The van der Waals surface area contributed by atoms with Crippen LogP contribution in [0, 0.1) is 5.82 Å². The number of halogens is 1. The first kappa shape index (κ1) is 21.1. The molecule has 0 heterocycles. The zero-order valence-corrected chi connectivity index (χ0v) is 15.7. The van der Waals surface area contributed by atoms with Gasteiger partial charge in [0.1, 0.15) is 11.6 Å². The van der Waals surface area contributed by atoms with Crippen LogP contribution < -0.4 is 10.1 Å². The number of benzene rings is 2. The number of carbonyl (C=O) groups excluding carboxylic acids is 3. The molecule has 148 valence electrons. The van der Waals surface area contributed by atoms with Crippen LogP contribution in [0.3, 0.4) is 0 Å². The van der Waals surface area contributed by atoms with Gasteiger partial charge in [-0.1, -0.05) is 0 Å². The molecule has 0 saturated heterocycles. The summed E-state index contributed by atoms with van der Waals surface area (Å²) in [5.41, 5.74) is 0.860. The predicted octanol–water partition coefficient (Wildman–Crippen LogP) is 3.76. The van der Waals surface area contributed by atoms with Crippen LogP contribution in [0.5, 0.6) is 5.75 Å². The lowest BCUT2D eigenvalue weighted by atomic mass is 10.1. The van der Waals surface area contributed by atoms with E-state index in [0.29, 0.717) is 23.6 Å². The van der Waals surface area contributed by atoms with Crippen LogP contribution in [0.2, 0.25) is 0 Å². The fourth-order valence-electron chi connectivity index (χ4n) is 2.35. The minimum atomic E-state index is -1.04. The summed E-state index contributed by atoms with van der Waals surface area (Å²) in [6.07, 6.45) is -1.21. The number of ether oxygens (including phenoxy) is 2. The van der Waals surface area contributed by atoms with Crippen LogP contribution in [0.1, 0.15) is 37.0 Å². The highest BCUT2D eigenvalue weighted by Gasteiger charge is 2.19. The zero-order chi connectivity index (χ0) is 20.5. The van der Waals surface area contributed by atoms with Crippen LogP contribution in [0.15, 0.2) is 48.5 Å². The van der Waals surface area contributed by atoms with Crippen molar-refractivity contribution in [1.29, 1.82) is 0 Å². The van der Waals surface area contributed by atoms with Crippen molar-refractivity contribution in [2.45, 2.75) is 32.8 Å². The summed E-state index contributed by atoms with van der Waals surface area (Å²) in [4.78, 5) is 36.1. The molecule has 0 unspecified atom stereocenters. The molecule has 1 atom stereocenters. The van der Waals surface area contributed by atoms with Crippen LogP contribution in [-0.4, -0.2) is 30.4 Å². The van der Waals surface area contributed by atoms with E-state index in [9.17, 15) is 18.8 Å². The highest BCUT2D eigenvalue weighted by molar-refractivity contribution is 5.98. The van der Waals surface area contributed by atoms with E-state index in [0.717, 1.165) is 0 Å². The van der Waals surface area contributed by atoms with Gasteiger partial charge in [0, 0.05) is 17.7 Å². The molecule has 0 bridgehead atoms. The van der Waals surface area contributed by atoms with Gasteiger partial charge >= 0.3 is 5.97 Å². The van der Waals surface area contributed by atoms with E-state index >= 15 is 0 Å². The molecule has 7 heteroatoms. The minimum Gasteiger partial charge on any atom is -0.494 e. The number of hydrogen-bond donors (Lipinski definition) is 1. The molecule has 0 aliphatic heterocycles. The summed E-state index contributed by atoms with van der Waals surface area (Å²) in [5, 5.41) is 2.52. The molecule has 0 aliphatic rings. The van der Waals surface area contributed by atoms with Gasteiger partial charge in [-0.3, -0.25) is 14.4 Å². The summed E-state index contributed by atoms with van der Waals surface area (Å²) in [6.45, 7) is 3.82. The van der Waals surface area contributed by atoms with E-state index in [-0.39, 0.29) is 18.6 Å². The second kappa shape index (κ2) is 10.2. The number of Topliss-reactive ketones (excluding diaryl/α,β-unsaturated/α-hetero) is 1. The third-order valence-electron chi connectivity index (χ3n) is 3.83. The summed E-state index contributed by atoms with van der Waals surface area (Å²) < 4.78 is 23.2. The Balaban J connectivity index is 1.78. The van der Waals surface area contributed by atoms with Crippen molar-refractivity contribution in [1.82, 2.24) is 0 Å². The Labute approximate surface area is 162 Å². The Morgan fingerprint density at radius 1 is 1.00 bits per heavy atom. The number of ketones is 1. The van der Waals surface area contributed by atoms with Crippen molar-refractivity contribution < 1.29 is 28.2 Å². The van der Waals surface area contributed by atoms with Crippen molar-refractivity contribution in [3.8, 4) is 5.75 Å². The van der Waals surface area contributed by atoms with Crippen molar-refractivity contribution in [3.63, 3.8) is 0 Å². The SMILES string of the molecule is CCOc1ccc(C(=O)CCC(=O)O[C@@H](C)C(=O)Nc2ccc(F)cc2)cc1. The Morgan fingerprint density at radius 3 is 2.25 bits per heavy atom. The Bertz CT molecular complexity index is 818. The standard InChI is InChI=1S/C21H22FNO5/c1-3-27-18-10-4-15(5-11-18)19(24)12-13-20(25)28-14(2)21(26)23-17-8-6-16(22)7-9-17/h4-11,14H,3,12-13H2,1-2H3,(H,23,26)/t14-/m0/s1. The highest BCUT2D eigenvalue weighted by Crippen LogP contribution is 2.14. The van der Waals surface area contributed by atoms with Crippen molar-refractivity contribution in [2.24, 2.45) is 0 Å². The van der Waals surface area contributed by atoms with Gasteiger partial charge < -0.3 is 14.8 Å². The van der Waals surface area contributed by atoms with Gasteiger partial charge in [-0.2, -0.15) is 0 Å². The highest BCUT2D eigenvalue weighted by atomic mass is 19.1. The van der Waals surface area contributed by atoms with Gasteiger partial charge in [-0.05, 0) is 62.4 Å². The van der Waals surface area contributed by atoms with E-state index in [2.05, 4.69) is 5.32 Å². The van der Waals surface area contributed by atoms with Crippen LogP contribution in [0.25, 0.3) is 0 Å². The fraction of sp³-hybridized carbons (Fsp3) is 0.286. The summed E-state index contributed by atoms with van der Waals surface area (Å²) in [5.74, 6) is -1.16. The molecule has 2 aromatic rings. The lowest BCUT2D eigenvalue weighted by Gasteiger charge is -2.13. The maximum atomic E-state index is 12.9. The number of carbonyl (C=O) groups is 3. The molecule has 0 radical (unpaired) electrons. The summed E-state index contributed by atoms with van der Waals surface area (Å²) in [6, 6.07) is 11.9. The molecule has 6 nitrogen and oxygen atoms in total. The normalized spacial score (nSPS) is 11.4. The third-order valence-corrected chi connectivity index (χ3v) is 3.83. The van der Waals surface area contributed by atoms with E-state index < -0.39 is 23.8 Å². The van der Waals surface area contributed by atoms with Gasteiger partial charge in [0.15, 0.2) is 11.9 Å². The lowest BCUT2D eigenvalue weighted by Crippen LogP contribution is -2.30. The molecular formula is C21H22FNO5. The molecular weight excluding hydrogens is 365 g/mol. The van der Waals surface area contributed by atoms with Crippen LogP contribution in [0.4, 0.5) is 10.1 Å². The zero-order valence-electron chi connectivity index (χ0n) is 15.7. The second-order valence-corrected chi connectivity index (χ2v) is 6.01. The molecule has 0 aliphatic carbocycles. The quantitative estimate of drug-likeness (QED) is 0.523. The van der Waals surface area contributed by atoms with E-state index in [1.54, 1.807) is 24.3 Å². The monoisotopic (exact) mass is 387 g/mol. The Hall–Kier alpha value is -3.22. The predicted molar refractivity (Wildman–Crippen MR) is 102 cm³/mol. The lowest BCUT2D eigenvalue weighted by molar-refractivity contribution is -0.153. The van der Waals surface area contributed by atoms with E-state index in [1.165, 1.54) is 31.2 Å². The maximum absolute atomic E-state index is 12.9. The molecule has 2 aromatic carbocycles. The van der Waals surface area contributed by atoms with Crippen molar-refractivity contribution in [2.75, 3.05) is 11.9 Å². The summed E-state index contributed by atoms with van der Waals surface area (Å²) >= 11 is 0. The number of nitrogens with one attached hydrogen (secondary N) is 1. The number of hydrogen-bond acceptors (Lipinski definition) is 5. The number of rotatable bonds is 9. The molecule has 0 fully saturated rings. The van der Waals surface area contributed by atoms with Gasteiger partial charge in [-0.25, -0.2) is 4.39 Å². The number of amides is 1. The first-order valence-corrected chi connectivity index (χ1v) is 8.91. The van der Waals surface area contributed by atoms with E-state index in [4.69, 9.17) is 9.47 Å². The smallest absolute Gasteiger partial charge is 0.307 e. The first-order valence-electron chi connectivity index (χ1n) is 8.91. The third kappa shape index (κ3) is 6.50. The minimum absolute atomic E-state index is 0.0287. The average Bonchev–Trinajstić information content (AvgIpc) is 2.68. The number of esters is 1. The molecule has 0 saturated carbocycles. The molecule has 1 amide bonds. The maximum Gasteiger partial charge on any atom is 0.307 e. The van der Waals surface area contributed by atoms with E-state index in [1.807, 2.05) is 6.92 Å². The molecule has 2 rings (SSSR count). The topological polar surface area (TPSA) is 81.7 Å². The molecule has 0 aromatic heterocycles. The van der Waals surface area contributed by atoms with Gasteiger partial charge in [0.25, 0.3) is 5.91 Å². The van der Waals surface area contributed by atoms with Crippen LogP contribution >= 0.6 is 0 Å². The average molecular weight is 387 g/mol. The Kier molecular flexibility index (Phi) is 7.68. The van der Waals surface area contributed by atoms with Gasteiger partial charge in [0.05, 0.1) is 13.0 Å².